The smallest absolute Gasteiger partial charge is 0.301 e. The Bertz CT molecular complexity index is 806. The van der Waals surface area contributed by atoms with E-state index in [4.69, 9.17) is 0 Å². The summed E-state index contributed by atoms with van der Waals surface area (Å²) >= 11 is 0. The third-order valence-electron chi connectivity index (χ3n) is 3.75. The molecule has 1 unspecified atom stereocenters. The first kappa shape index (κ1) is 19.4. The van der Waals surface area contributed by atoms with Crippen LogP contribution in [0, 0.1) is 0 Å². The first-order chi connectivity index (χ1) is 11.6. The second-order valence-corrected chi connectivity index (χ2v) is 7.53. The summed E-state index contributed by atoms with van der Waals surface area (Å²) in [6.07, 6.45) is -4.60. The molecule has 2 rings (SSSR count). The fraction of sp³-hybridized carbons (Fsp3) is 0.294. The fourth-order valence-corrected chi connectivity index (χ4v) is 3.47. The first-order valence-corrected chi connectivity index (χ1v) is 8.98. The first-order valence-electron chi connectivity index (χ1n) is 7.49. The Morgan fingerprint density at radius 1 is 1.04 bits per heavy atom. The SMILES string of the molecule is CN(C)C(CNS(=O)(=O)c1cccc(C(F)(F)F)c1)c1ccccc1. The summed E-state index contributed by atoms with van der Waals surface area (Å²) in [6.45, 7) is 0.0373. The van der Waals surface area contributed by atoms with Crippen molar-refractivity contribution in [1.82, 2.24) is 9.62 Å². The number of likely N-dealkylation sites (N-methyl/N-ethyl adjacent to an activating group) is 1. The molecule has 0 spiro atoms. The molecule has 0 aliphatic heterocycles. The summed E-state index contributed by atoms with van der Waals surface area (Å²) < 4.78 is 65.5. The molecule has 0 aromatic heterocycles. The number of nitrogens with one attached hydrogen (secondary N) is 1. The fourth-order valence-electron chi connectivity index (χ4n) is 2.39. The Morgan fingerprint density at radius 3 is 2.24 bits per heavy atom. The highest BCUT2D eigenvalue weighted by Crippen LogP contribution is 2.30. The van der Waals surface area contributed by atoms with Crippen LogP contribution in [0.1, 0.15) is 17.2 Å². The van der Waals surface area contributed by atoms with E-state index in [0.29, 0.717) is 6.07 Å². The van der Waals surface area contributed by atoms with E-state index < -0.39 is 26.7 Å². The van der Waals surface area contributed by atoms with E-state index >= 15 is 0 Å². The molecule has 8 heteroatoms. The lowest BCUT2D eigenvalue weighted by Gasteiger charge is -2.25. The van der Waals surface area contributed by atoms with Crippen molar-refractivity contribution in [3.63, 3.8) is 0 Å². The molecular formula is C17H19F3N2O2S. The van der Waals surface area contributed by atoms with Crippen molar-refractivity contribution in [2.45, 2.75) is 17.1 Å². The van der Waals surface area contributed by atoms with Gasteiger partial charge in [0.15, 0.2) is 0 Å². The van der Waals surface area contributed by atoms with Gasteiger partial charge >= 0.3 is 6.18 Å². The van der Waals surface area contributed by atoms with Gasteiger partial charge in [0.1, 0.15) is 0 Å². The predicted octanol–water partition coefficient (Wildman–Crippen LogP) is 3.29. The summed E-state index contributed by atoms with van der Waals surface area (Å²) in [4.78, 5) is 1.43. The zero-order chi connectivity index (χ0) is 18.7. The van der Waals surface area contributed by atoms with Crippen LogP contribution in [-0.4, -0.2) is 34.0 Å². The second kappa shape index (κ2) is 7.55. The maximum absolute atomic E-state index is 12.8. The summed E-state index contributed by atoms with van der Waals surface area (Å²) in [7, 11) is -0.453. The summed E-state index contributed by atoms with van der Waals surface area (Å²) in [5.74, 6) is 0. The molecule has 0 aliphatic rings. The Labute approximate surface area is 145 Å². The molecule has 1 N–H and O–H groups in total. The molecule has 0 heterocycles. The third kappa shape index (κ3) is 5.04. The number of alkyl halides is 3. The molecule has 0 saturated carbocycles. The van der Waals surface area contributed by atoms with Crippen molar-refractivity contribution in [3.05, 3.63) is 65.7 Å². The molecule has 25 heavy (non-hydrogen) atoms. The van der Waals surface area contributed by atoms with Gasteiger partial charge in [-0.3, -0.25) is 0 Å². The van der Waals surface area contributed by atoms with E-state index in [2.05, 4.69) is 4.72 Å². The number of sulfonamides is 1. The van der Waals surface area contributed by atoms with Crippen molar-refractivity contribution in [3.8, 4) is 0 Å². The monoisotopic (exact) mass is 372 g/mol. The van der Waals surface area contributed by atoms with Crippen LogP contribution in [0.15, 0.2) is 59.5 Å². The van der Waals surface area contributed by atoms with Gasteiger partial charge in [-0.15, -0.1) is 0 Å². The van der Waals surface area contributed by atoms with Crippen LogP contribution in [0.25, 0.3) is 0 Å². The van der Waals surface area contributed by atoms with Crippen LogP contribution in [0.4, 0.5) is 13.2 Å². The number of halogens is 3. The average molecular weight is 372 g/mol. The van der Waals surface area contributed by atoms with E-state index in [9.17, 15) is 21.6 Å². The normalized spacial score (nSPS) is 13.8. The van der Waals surface area contributed by atoms with E-state index in [1.807, 2.05) is 35.2 Å². The molecule has 4 nitrogen and oxygen atoms in total. The molecular weight excluding hydrogens is 353 g/mol. The van der Waals surface area contributed by atoms with Gasteiger partial charge in [-0.1, -0.05) is 36.4 Å². The van der Waals surface area contributed by atoms with Gasteiger partial charge in [0.25, 0.3) is 0 Å². The van der Waals surface area contributed by atoms with Gasteiger partial charge in [0.05, 0.1) is 10.5 Å². The minimum atomic E-state index is -4.60. The molecule has 0 saturated heterocycles. The highest BCUT2D eigenvalue weighted by Gasteiger charge is 2.31. The number of nitrogens with zero attached hydrogens (tertiary/aromatic N) is 1. The Balaban J connectivity index is 2.21. The van der Waals surface area contributed by atoms with Gasteiger partial charge in [-0.25, -0.2) is 13.1 Å². The Morgan fingerprint density at radius 2 is 1.68 bits per heavy atom. The molecule has 136 valence electrons. The van der Waals surface area contributed by atoms with Crippen LogP contribution >= 0.6 is 0 Å². The van der Waals surface area contributed by atoms with E-state index in [0.717, 1.165) is 23.8 Å². The van der Waals surface area contributed by atoms with Crippen LogP contribution < -0.4 is 4.72 Å². The van der Waals surface area contributed by atoms with E-state index in [-0.39, 0.29) is 12.6 Å². The summed E-state index contributed by atoms with van der Waals surface area (Å²) in [6, 6.07) is 12.7. The second-order valence-electron chi connectivity index (χ2n) is 5.77. The Hall–Kier alpha value is -1.90. The standard InChI is InChI=1S/C17H19F3N2O2S/c1-22(2)16(13-7-4-3-5-8-13)12-21-25(23,24)15-10-6-9-14(11-15)17(18,19)20/h3-11,16,21H,12H2,1-2H3. The van der Waals surface area contributed by atoms with Gasteiger partial charge < -0.3 is 4.90 Å². The molecule has 2 aromatic rings. The molecule has 0 fully saturated rings. The predicted molar refractivity (Wildman–Crippen MR) is 89.5 cm³/mol. The lowest BCUT2D eigenvalue weighted by atomic mass is 10.1. The number of hydrogen-bond acceptors (Lipinski definition) is 3. The highest BCUT2D eigenvalue weighted by atomic mass is 32.2. The van der Waals surface area contributed by atoms with E-state index in [1.54, 1.807) is 14.1 Å². The maximum atomic E-state index is 12.8. The van der Waals surface area contributed by atoms with Crippen molar-refractivity contribution in [2.24, 2.45) is 0 Å². The topological polar surface area (TPSA) is 49.4 Å². The van der Waals surface area contributed by atoms with Gasteiger partial charge in [0, 0.05) is 12.6 Å². The van der Waals surface area contributed by atoms with Crippen LogP contribution in [0.3, 0.4) is 0 Å². The van der Waals surface area contributed by atoms with Crippen molar-refractivity contribution in [1.29, 1.82) is 0 Å². The largest absolute Gasteiger partial charge is 0.416 e. The zero-order valence-corrected chi connectivity index (χ0v) is 14.6. The van der Waals surface area contributed by atoms with Crippen molar-refractivity contribution < 1.29 is 21.6 Å². The summed E-state index contributed by atoms with van der Waals surface area (Å²) in [5, 5.41) is 0. The quantitative estimate of drug-likeness (QED) is 0.847. The van der Waals surface area contributed by atoms with Crippen LogP contribution in [-0.2, 0) is 16.2 Å². The van der Waals surface area contributed by atoms with Crippen molar-refractivity contribution >= 4 is 10.0 Å². The van der Waals surface area contributed by atoms with Gasteiger partial charge in [-0.2, -0.15) is 13.2 Å². The lowest BCUT2D eigenvalue weighted by molar-refractivity contribution is -0.137. The van der Waals surface area contributed by atoms with E-state index in [1.165, 1.54) is 0 Å². The number of benzene rings is 2. The number of hydrogen-bond donors (Lipinski definition) is 1. The summed E-state index contributed by atoms with van der Waals surface area (Å²) in [5.41, 5.74) is -0.0955. The minimum Gasteiger partial charge on any atom is -0.301 e. The molecule has 0 radical (unpaired) electrons. The minimum absolute atomic E-state index is 0.0373. The molecule has 0 aliphatic carbocycles. The molecule has 0 bridgehead atoms. The molecule has 2 aromatic carbocycles. The third-order valence-corrected chi connectivity index (χ3v) is 5.17. The lowest BCUT2D eigenvalue weighted by Crippen LogP contribution is -2.34. The highest BCUT2D eigenvalue weighted by molar-refractivity contribution is 7.89. The zero-order valence-electron chi connectivity index (χ0n) is 13.8. The van der Waals surface area contributed by atoms with Gasteiger partial charge in [-0.05, 0) is 37.9 Å². The van der Waals surface area contributed by atoms with Crippen LogP contribution in [0.5, 0.6) is 0 Å². The Kier molecular flexibility index (Phi) is 5.87. The average Bonchev–Trinajstić information content (AvgIpc) is 2.55. The number of rotatable bonds is 6. The van der Waals surface area contributed by atoms with Crippen molar-refractivity contribution in [2.75, 3.05) is 20.6 Å². The van der Waals surface area contributed by atoms with Crippen LogP contribution in [0.2, 0.25) is 0 Å². The van der Waals surface area contributed by atoms with Gasteiger partial charge in [0.2, 0.25) is 10.0 Å². The molecule has 1 atom stereocenters. The maximum Gasteiger partial charge on any atom is 0.416 e. The molecule has 0 amide bonds.